The van der Waals surface area contributed by atoms with Gasteiger partial charge in [-0.3, -0.25) is 0 Å². The van der Waals surface area contributed by atoms with Crippen molar-refractivity contribution in [3.05, 3.63) is 0 Å². The third-order valence-corrected chi connectivity index (χ3v) is 5.26. The van der Waals surface area contributed by atoms with Crippen LogP contribution in [0.5, 0.6) is 0 Å². The smallest absolute Gasteiger partial charge is 0.0760 e. The second-order valence-corrected chi connectivity index (χ2v) is 6.22. The first kappa shape index (κ1) is 13.4. The lowest BCUT2D eigenvalue weighted by atomic mass is 9.57. The zero-order valence-electron chi connectivity index (χ0n) is 11.4. The summed E-state index contributed by atoms with van der Waals surface area (Å²) < 4.78 is 0. The maximum Gasteiger partial charge on any atom is 0.0760 e. The number of hydrogen-bond donors (Lipinski definition) is 0. The average molecular weight is 244 g/mol. The van der Waals surface area contributed by atoms with Crippen LogP contribution in [0.1, 0.15) is 77.0 Å². The summed E-state index contributed by atoms with van der Waals surface area (Å²) in [6, 6.07) is 5.25. The molecule has 2 aliphatic carbocycles. The van der Waals surface area contributed by atoms with E-state index in [0.29, 0.717) is 0 Å². The van der Waals surface area contributed by atoms with Gasteiger partial charge in [-0.05, 0) is 25.7 Å². The number of nitrogens with zero attached hydrogens (tertiary/aromatic N) is 2. The molecular weight excluding hydrogens is 220 g/mol. The van der Waals surface area contributed by atoms with Crippen LogP contribution >= 0.6 is 0 Å². The molecule has 0 aromatic heterocycles. The van der Waals surface area contributed by atoms with E-state index in [0.717, 1.165) is 51.4 Å². The van der Waals surface area contributed by atoms with Crippen LogP contribution < -0.4 is 0 Å². The lowest BCUT2D eigenvalue weighted by Crippen LogP contribution is -2.39. The summed E-state index contributed by atoms with van der Waals surface area (Å²) >= 11 is 0. The number of hydrogen-bond acceptors (Lipinski definition) is 2. The van der Waals surface area contributed by atoms with E-state index < -0.39 is 0 Å². The van der Waals surface area contributed by atoms with Gasteiger partial charge in [0.2, 0.25) is 0 Å². The van der Waals surface area contributed by atoms with Crippen molar-refractivity contribution in [3.63, 3.8) is 0 Å². The molecule has 2 aliphatic rings. The zero-order chi connectivity index (χ0) is 12.9. The molecule has 0 unspecified atom stereocenters. The van der Waals surface area contributed by atoms with Gasteiger partial charge >= 0.3 is 0 Å². The van der Waals surface area contributed by atoms with E-state index in [2.05, 4.69) is 12.1 Å². The van der Waals surface area contributed by atoms with Crippen LogP contribution in [-0.4, -0.2) is 0 Å². The summed E-state index contributed by atoms with van der Waals surface area (Å²) in [5, 5.41) is 19.6. The zero-order valence-corrected chi connectivity index (χ0v) is 11.4. The molecule has 0 aromatic carbocycles. The summed E-state index contributed by atoms with van der Waals surface area (Å²) in [5.41, 5.74) is -0.689. The first-order valence-electron chi connectivity index (χ1n) is 7.61. The van der Waals surface area contributed by atoms with Crippen molar-refractivity contribution < 1.29 is 0 Å². The first-order chi connectivity index (χ1) is 8.79. The molecule has 0 saturated heterocycles. The molecule has 0 amide bonds. The molecule has 2 rings (SSSR count). The Hall–Kier alpha value is -1.02. The molecule has 0 aliphatic heterocycles. The van der Waals surface area contributed by atoms with Crippen molar-refractivity contribution in [2.75, 3.05) is 0 Å². The van der Waals surface area contributed by atoms with Crippen LogP contribution in [0.15, 0.2) is 0 Å². The average Bonchev–Trinajstić information content (AvgIpc) is 2.80. The summed E-state index contributed by atoms with van der Waals surface area (Å²) in [7, 11) is 0. The van der Waals surface area contributed by atoms with Crippen molar-refractivity contribution in [1.82, 2.24) is 0 Å². The Morgan fingerprint density at radius 2 is 0.778 bits per heavy atom. The Kier molecular flexibility index (Phi) is 4.28. The van der Waals surface area contributed by atoms with Crippen LogP contribution in [0.4, 0.5) is 0 Å². The van der Waals surface area contributed by atoms with Gasteiger partial charge in [0.05, 0.1) is 23.0 Å². The summed E-state index contributed by atoms with van der Waals surface area (Å²) in [4.78, 5) is 0. The highest BCUT2D eigenvalue weighted by molar-refractivity contribution is 5.19. The summed E-state index contributed by atoms with van der Waals surface area (Å²) in [5.74, 6) is 0. The molecule has 18 heavy (non-hydrogen) atoms. The third kappa shape index (κ3) is 2.26. The molecule has 0 N–H and O–H groups in total. The Morgan fingerprint density at radius 3 is 1.00 bits per heavy atom. The largest absolute Gasteiger partial charge is 0.198 e. The number of rotatable bonds is 1. The quantitative estimate of drug-likeness (QED) is 0.627. The van der Waals surface area contributed by atoms with Crippen molar-refractivity contribution >= 4 is 0 Å². The predicted octanol–water partition coefficient (Wildman–Crippen LogP) is 4.71. The monoisotopic (exact) mass is 244 g/mol. The minimum atomic E-state index is -0.345. The fourth-order valence-corrected chi connectivity index (χ4v) is 4.06. The normalized spacial score (nSPS) is 27.2. The Morgan fingerprint density at radius 1 is 0.500 bits per heavy atom. The van der Waals surface area contributed by atoms with Gasteiger partial charge in [-0.1, -0.05) is 51.4 Å². The van der Waals surface area contributed by atoms with Gasteiger partial charge in [-0.15, -0.1) is 0 Å². The standard InChI is InChI=1S/C16H24N2/c17-13-15(9-5-1-2-6-10-15)16(14-18)11-7-3-4-8-12-16/h1-12H2. The molecule has 0 radical (unpaired) electrons. The van der Waals surface area contributed by atoms with E-state index in [1.807, 2.05) is 0 Å². The van der Waals surface area contributed by atoms with E-state index >= 15 is 0 Å². The fraction of sp³-hybridized carbons (Fsp3) is 0.875. The molecule has 0 spiro atoms. The van der Waals surface area contributed by atoms with Gasteiger partial charge < -0.3 is 0 Å². The maximum atomic E-state index is 9.81. The van der Waals surface area contributed by atoms with Crippen molar-refractivity contribution in [3.8, 4) is 12.1 Å². The van der Waals surface area contributed by atoms with Crippen LogP contribution in [0.3, 0.4) is 0 Å². The summed E-state index contributed by atoms with van der Waals surface area (Å²) in [6.07, 6.45) is 13.3. The van der Waals surface area contributed by atoms with Gasteiger partial charge in [0.1, 0.15) is 0 Å². The minimum Gasteiger partial charge on any atom is -0.198 e. The van der Waals surface area contributed by atoms with Crippen LogP contribution in [0, 0.1) is 33.5 Å². The summed E-state index contributed by atoms with van der Waals surface area (Å²) in [6.45, 7) is 0. The van der Waals surface area contributed by atoms with Crippen molar-refractivity contribution in [2.45, 2.75) is 77.0 Å². The van der Waals surface area contributed by atoms with E-state index in [-0.39, 0.29) is 10.8 Å². The van der Waals surface area contributed by atoms with Gasteiger partial charge in [0.25, 0.3) is 0 Å². The Balaban J connectivity index is 2.32. The van der Waals surface area contributed by atoms with Gasteiger partial charge in [0, 0.05) is 0 Å². The van der Waals surface area contributed by atoms with Crippen LogP contribution in [-0.2, 0) is 0 Å². The molecule has 0 bridgehead atoms. The lowest BCUT2D eigenvalue weighted by Gasteiger charge is -2.41. The highest BCUT2D eigenvalue weighted by Crippen LogP contribution is 2.54. The first-order valence-corrected chi connectivity index (χ1v) is 7.61. The fourth-order valence-electron chi connectivity index (χ4n) is 4.06. The third-order valence-electron chi connectivity index (χ3n) is 5.26. The van der Waals surface area contributed by atoms with Crippen LogP contribution in [0.2, 0.25) is 0 Å². The molecule has 98 valence electrons. The molecule has 2 saturated carbocycles. The second-order valence-electron chi connectivity index (χ2n) is 6.22. The molecule has 0 atom stereocenters. The Bertz CT molecular complexity index is 306. The second kappa shape index (κ2) is 5.75. The minimum absolute atomic E-state index is 0.345. The van der Waals surface area contributed by atoms with Crippen LogP contribution in [0.25, 0.3) is 0 Å². The van der Waals surface area contributed by atoms with E-state index in [9.17, 15) is 10.5 Å². The molecule has 0 aromatic rings. The molecule has 2 nitrogen and oxygen atoms in total. The topological polar surface area (TPSA) is 47.6 Å². The van der Waals surface area contributed by atoms with E-state index in [1.54, 1.807) is 0 Å². The highest BCUT2D eigenvalue weighted by atomic mass is 14.5. The Labute approximate surface area is 111 Å². The molecule has 0 heterocycles. The predicted molar refractivity (Wildman–Crippen MR) is 71.5 cm³/mol. The molecule has 2 heteroatoms. The van der Waals surface area contributed by atoms with E-state index in [1.165, 1.54) is 25.7 Å². The van der Waals surface area contributed by atoms with Gasteiger partial charge in [-0.25, -0.2) is 0 Å². The highest BCUT2D eigenvalue weighted by Gasteiger charge is 2.51. The molecular formula is C16H24N2. The number of nitriles is 2. The van der Waals surface area contributed by atoms with Gasteiger partial charge in [0.15, 0.2) is 0 Å². The maximum absolute atomic E-state index is 9.81. The van der Waals surface area contributed by atoms with E-state index in [4.69, 9.17) is 0 Å². The van der Waals surface area contributed by atoms with Crippen molar-refractivity contribution in [1.29, 1.82) is 10.5 Å². The van der Waals surface area contributed by atoms with Crippen molar-refractivity contribution in [2.24, 2.45) is 10.8 Å². The SMILES string of the molecule is N#CC1(C2(C#N)CCCCCC2)CCCCCC1. The lowest BCUT2D eigenvalue weighted by molar-refractivity contribution is 0.111. The molecule has 2 fully saturated rings. The van der Waals surface area contributed by atoms with Gasteiger partial charge in [-0.2, -0.15) is 10.5 Å².